The molecule has 0 heterocycles. The minimum Gasteiger partial charge on any atom is -0.508 e. The van der Waals surface area contributed by atoms with Gasteiger partial charge in [0.15, 0.2) is 0 Å². The average molecular weight is 300 g/mol. The Morgan fingerprint density at radius 1 is 1.27 bits per heavy atom. The van der Waals surface area contributed by atoms with E-state index in [2.05, 4.69) is 13.0 Å². The van der Waals surface area contributed by atoms with Crippen LogP contribution in [0, 0.1) is 17.3 Å². The Labute approximate surface area is 131 Å². The lowest BCUT2D eigenvalue weighted by Crippen LogP contribution is -2.44. The van der Waals surface area contributed by atoms with Crippen LogP contribution < -0.4 is 0 Å². The number of fused-ring (bicyclic) bond motifs is 5. The molecule has 2 saturated carbocycles. The summed E-state index contributed by atoms with van der Waals surface area (Å²) >= 11 is 0. The number of hydrogen-bond donors (Lipinski definition) is 1. The summed E-state index contributed by atoms with van der Waals surface area (Å²) in [5, 5.41) is 9.72. The molecule has 1 unspecified atom stereocenters. The zero-order chi connectivity index (χ0) is 15.3. The quantitative estimate of drug-likeness (QED) is 0.845. The number of aryl methyl sites for hydroxylation is 1. The maximum absolute atomic E-state index is 10.8. The number of phenolic OH excluding ortho intramolecular Hbond substituents is 1. The third kappa shape index (κ3) is 1.90. The summed E-state index contributed by atoms with van der Waals surface area (Å²) in [7, 11) is 0. The van der Waals surface area contributed by atoms with Crippen LogP contribution in [0.2, 0.25) is 0 Å². The highest BCUT2D eigenvalue weighted by Crippen LogP contribution is 2.61. The predicted molar refractivity (Wildman–Crippen MR) is 83.7 cm³/mol. The summed E-state index contributed by atoms with van der Waals surface area (Å²) in [6, 6.07) is 5.92. The van der Waals surface area contributed by atoms with Gasteiger partial charge >= 0.3 is 0 Å². The molecule has 22 heavy (non-hydrogen) atoms. The highest BCUT2D eigenvalue weighted by molar-refractivity contribution is 5.41. The van der Waals surface area contributed by atoms with E-state index in [-0.39, 0.29) is 11.5 Å². The van der Waals surface area contributed by atoms with Gasteiger partial charge < -0.3 is 9.84 Å². The standard InChI is InChI=1S/C19H24O3/c1-19-9-8-15-14-5-3-13(21)10-12(14)2-4-16(15)17(19)6-7-18(19)22-11-20/h3,5,10-11,15-18,21H,2,4,6-9H2,1H3/t15-,16?,17+,18-,19+/m1/s1. The normalized spacial score (nSPS) is 39.5. The van der Waals surface area contributed by atoms with Crippen molar-refractivity contribution in [3.8, 4) is 5.75 Å². The molecule has 1 N–H and O–H groups in total. The van der Waals surface area contributed by atoms with Crippen molar-refractivity contribution in [1.82, 2.24) is 0 Å². The van der Waals surface area contributed by atoms with Gasteiger partial charge in [0.25, 0.3) is 6.47 Å². The fraction of sp³-hybridized carbons (Fsp3) is 0.632. The topological polar surface area (TPSA) is 46.5 Å². The van der Waals surface area contributed by atoms with Gasteiger partial charge in [-0.1, -0.05) is 13.0 Å². The van der Waals surface area contributed by atoms with Gasteiger partial charge in [-0.2, -0.15) is 0 Å². The first-order chi connectivity index (χ1) is 10.6. The largest absolute Gasteiger partial charge is 0.508 e. The van der Waals surface area contributed by atoms with E-state index in [1.54, 1.807) is 0 Å². The Balaban J connectivity index is 1.66. The molecular formula is C19H24O3. The third-order valence-electron chi connectivity index (χ3n) is 6.84. The Bertz CT molecular complexity index is 596. The maximum Gasteiger partial charge on any atom is 0.293 e. The van der Waals surface area contributed by atoms with E-state index in [1.807, 2.05) is 12.1 Å². The minimum atomic E-state index is 0.108. The van der Waals surface area contributed by atoms with E-state index in [1.165, 1.54) is 30.4 Å². The molecule has 3 aliphatic carbocycles. The number of carbonyl (C=O) groups excluding carboxylic acids is 1. The SMILES string of the molecule is C[C@]12CC[C@@H]3c4ccc(O)cc4CCC3[C@@H]1CC[C@H]2OC=O. The lowest BCUT2D eigenvalue weighted by molar-refractivity contribution is -0.141. The molecule has 0 spiro atoms. The van der Waals surface area contributed by atoms with Gasteiger partial charge in [-0.15, -0.1) is 0 Å². The zero-order valence-electron chi connectivity index (χ0n) is 13.1. The van der Waals surface area contributed by atoms with Crippen molar-refractivity contribution in [2.75, 3.05) is 0 Å². The van der Waals surface area contributed by atoms with Gasteiger partial charge in [0.2, 0.25) is 0 Å². The van der Waals surface area contributed by atoms with Crippen molar-refractivity contribution in [1.29, 1.82) is 0 Å². The van der Waals surface area contributed by atoms with Crippen molar-refractivity contribution < 1.29 is 14.6 Å². The summed E-state index contributed by atoms with van der Waals surface area (Å²) in [4.78, 5) is 10.8. The highest BCUT2D eigenvalue weighted by atomic mass is 16.5. The summed E-state index contributed by atoms with van der Waals surface area (Å²) in [6.07, 6.45) is 6.89. The molecule has 2 fully saturated rings. The smallest absolute Gasteiger partial charge is 0.293 e. The molecule has 3 nitrogen and oxygen atoms in total. The van der Waals surface area contributed by atoms with Gasteiger partial charge in [-0.25, -0.2) is 0 Å². The van der Waals surface area contributed by atoms with Crippen LogP contribution in [0.3, 0.4) is 0 Å². The van der Waals surface area contributed by atoms with Gasteiger partial charge in [-0.05, 0) is 79.5 Å². The van der Waals surface area contributed by atoms with Crippen LogP contribution in [0.15, 0.2) is 18.2 Å². The molecule has 3 aliphatic rings. The first-order valence-electron chi connectivity index (χ1n) is 8.54. The fourth-order valence-electron chi connectivity index (χ4n) is 5.81. The molecule has 1 aromatic rings. The number of carbonyl (C=O) groups is 1. The van der Waals surface area contributed by atoms with Gasteiger partial charge in [0.05, 0.1) is 0 Å². The fourth-order valence-corrected chi connectivity index (χ4v) is 5.81. The van der Waals surface area contributed by atoms with Crippen molar-refractivity contribution in [3.63, 3.8) is 0 Å². The van der Waals surface area contributed by atoms with Gasteiger partial charge in [-0.3, -0.25) is 4.79 Å². The molecule has 118 valence electrons. The first kappa shape index (κ1) is 14.1. The van der Waals surface area contributed by atoms with Gasteiger partial charge in [0, 0.05) is 5.41 Å². The number of ether oxygens (including phenoxy) is 1. The second kappa shape index (κ2) is 5.00. The maximum atomic E-state index is 10.8. The second-order valence-electron chi connectivity index (χ2n) is 7.64. The molecule has 1 aromatic carbocycles. The van der Waals surface area contributed by atoms with Crippen molar-refractivity contribution in [2.45, 2.75) is 57.5 Å². The molecule has 0 saturated heterocycles. The molecule has 0 aromatic heterocycles. The van der Waals surface area contributed by atoms with Crippen molar-refractivity contribution in [2.24, 2.45) is 17.3 Å². The van der Waals surface area contributed by atoms with Crippen molar-refractivity contribution in [3.05, 3.63) is 29.3 Å². The van der Waals surface area contributed by atoms with Crippen LogP contribution in [0.5, 0.6) is 5.75 Å². The number of benzene rings is 1. The monoisotopic (exact) mass is 300 g/mol. The Hall–Kier alpha value is -1.51. The number of aromatic hydroxyl groups is 1. The summed E-state index contributed by atoms with van der Waals surface area (Å²) in [6.45, 7) is 2.98. The van der Waals surface area contributed by atoms with Crippen LogP contribution in [0.4, 0.5) is 0 Å². The summed E-state index contributed by atoms with van der Waals surface area (Å²) in [5.74, 6) is 2.38. The molecule has 3 heteroatoms. The summed E-state index contributed by atoms with van der Waals surface area (Å²) < 4.78 is 5.43. The van der Waals surface area contributed by atoms with E-state index in [9.17, 15) is 9.90 Å². The zero-order valence-corrected chi connectivity index (χ0v) is 13.1. The van der Waals surface area contributed by atoms with Crippen LogP contribution in [0.1, 0.15) is 56.1 Å². The molecular weight excluding hydrogens is 276 g/mol. The van der Waals surface area contributed by atoms with Crippen LogP contribution in [-0.4, -0.2) is 17.7 Å². The number of hydrogen-bond acceptors (Lipinski definition) is 3. The number of rotatable bonds is 2. The first-order valence-corrected chi connectivity index (χ1v) is 8.54. The van der Waals surface area contributed by atoms with E-state index < -0.39 is 0 Å². The average Bonchev–Trinajstić information content (AvgIpc) is 2.84. The molecule has 5 atom stereocenters. The molecule has 0 bridgehead atoms. The highest BCUT2D eigenvalue weighted by Gasteiger charge is 2.55. The van der Waals surface area contributed by atoms with Gasteiger partial charge in [0.1, 0.15) is 11.9 Å². The summed E-state index contributed by atoms with van der Waals surface area (Å²) in [5.41, 5.74) is 2.95. The van der Waals surface area contributed by atoms with E-state index in [4.69, 9.17) is 4.74 Å². The molecule has 0 aliphatic heterocycles. The Morgan fingerprint density at radius 2 is 2.14 bits per heavy atom. The van der Waals surface area contributed by atoms with E-state index >= 15 is 0 Å². The minimum absolute atomic E-state index is 0.108. The van der Waals surface area contributed by atoms with Crippen LogP contribution in [-0.2, 0) is 16.0 Å². The van der Waals surface area contributed by atoms with E-state index in [0.29, 0.717) is 30.0 Å². The lowest BCUT2D eigenvalue weighted by Gasteiger charge is -2.50. The molecule has 0 amide bonds. The predicted octanol–water partition coefficient (Wildman–Crippen LogP) is 3.79. The Kier molecular flexibility index (Phi) is 3.21. The lowest BCUT2D eigenvalue weighted by atomic mass is 9.55. The number of phenols is 1. The molecule has 4 rings (SSSR count). The van der Waals surface area contributed by atoms with Crippen molar-refractivity contribution >= 4 is 6.47 Å². The Morgan fingerprint density at radius 3 is 2.95 bits per heavy atom. The molecule has 0 radical (unpaired) electrons. The second-order valence-corrected chi connectivity index (χ2v) is 7.64. The van der Waals surface area contributed by atoms with Crippen LogP contribution >= 0.6 is 0 Å². The van der Waals surface area contributed by atoms with Crippen LogP contribution in [0.25, 0.3) is 0 Å². The van der Waals surface area contributed by atoms with E-state index in [0.717, 1.165) is 19.3 Å². The third-order valence-corrected chi connectivity index (χ3v) is 6.84.